The summed E-state index contributed by atoms with van der Waals surface area (Å²) in [5.74, 6) is -0.298. The molecule has 3 aromatic carbocycles. The molecule has 0 saturated carbocycles. The van der Waals surface area contributed by atoms with Crippen molar-refractivity contribution >= 4 is 21.6 Å². The first-order valence-corrected chi connectivity index (χ1v) is 13.2. The zero-order chi connectivity index (χ0) is 25.0. The molecule has 4 rings (SSSR count). The van der Waals surface area contributed by atoms with E-state index in [0.29, 0.717) is 24.7 Å². The maximum atomic E-state index is 13.3. The van der Waals surface area contributed by atoms with Gasteiger partial charge in [0.25, 0.3) is 0 Å². The molecule has 184 valence electrons. The normalized spacial score (nSPS) is 16.2. The van der Waals surface area contributed by atoms with Gasteiger partial charge in [-0.1, -0.05) is 56.3 Å². The molecule has 1 amide bonds. The number of carbonyl (C=O) groups is 1. The highest BCUT2D eigenvalue weighted by Crippen LogP contribution is 2.27. The van der Waals surface area contributed by atoms with Crippen molar-refractivity contribution in [2.24, 2.45) is 0 Å². The lowest BCUT2D eigenvalue weighted by Crippen LogP contribution is -2.51. The summed E-state index contributed by atoms with van der Waals surface area (Å²) >= 11 is 0. The van der Waals surface area contributed by atoms with Crippen LogP contribution in [0.4, 0.5) is 10.1 Å². The Morgan fingerprint density at radius 1 is 0.829 bits per heavy atom. The molecule has 1 heterocycles. The van der Waals surface area contributed by atoms with Gasteiger partial charge in [-0.05, 0) is 53.4 Å². The molecule has 6 nitrogen and oxygen atoms in total. The van der Waals surface area contributed by atoms with Gasteiger partial charge < -0.3 is 5.32 Å². The van der Waals surface area contributed by atoms with Gasteiger partial charge in [0.1, 0.15) is 11.9 Å². The van der Waals surface area contributed by atoms with Crippen LogP contribution in [0.25, 0.3) is 0 Å². The zero-order valence-electron chi connectivity index (χ0n) is 19.9. The van der Waals surface area contributed by atoms with Crippen LogP contribution in [0.3, 0.4) is 0 Å². The van der Waals surface area contributed by atoms with Crippen LogP contribution in [0.1, 0.15) is 36.9 Å². The molecule has 1 unspecified atom stereocenters. The number of halogens is 1. The Morgan fingerprint density at radius 3 is 2.00 bits per heavy atom. The van der Waals surface area contributed by atoms with Crippen molar-refractivity contribution in [2.45, 2.75) is 30.7 Å². The molecule has 0 aliphatic carbocycles. The number of nitrogens with zero attached hydrogens (tertiary/aromatic N) is 2. The summed E-state index contributed by atoms with van der Waals surface area (Å²) in [6.07, 6.45) is 0. The van der Waals surface area contributed by atoms with Crippen molar-refractivity contribution in [1.82, 2.24) is 9.21 Å². The third-order valence-electron chi connectivity index (χ3n) is 6.30. The summed E-state index contributed by atoms with van der Waals surface area (Å²) in [5.41, 5.74) is 2.41. The minimum atomic E-state index is -3.62. The Bertz CT molecular complexity index is 1240. The SMILES string of the molecule is CC(C)c1ccc(S(=O)(=O)N2CCN(C(C(=O)Nc3ccc(F)cc3)c3ccccc3)CC2)cc1. The number of hydrogen-bond donors (Lipinski definition) is 1. The van der Waals surface area contributed by atoms with Crippen molar-refractivity contribution in [2.75, 3.05) is 31.5 Å². The van der Waals surface area contributed by atoms with E-state index in [1.54, 1.807) is 12.1 Å². The molecule has 0 radical (unpaired) electrons. The molecule has 1 N–H and O–H groups in total. The average molecular weight is 496 g/mol. The summed E-state index contributed by atoms with van der Waals surface area (Å²) in [4.78, 5) is 15.6. The van der Waals surface area contributed by atoms with Gasteiger partial charge in [0.15, 0.2) is 0 Å². The van der Waals surface area contributed by atoms with Crippen LogP contribution in [0, 0.1) is 5.82 Å². The molecule has 1 aliphatic rings. The first-order valence-electron chi connectivity index (χ1n) is 11.7. The lowest BCUT2D eigenvalue weighted by Gasteiger charge is -2.38. The molecule has 0 spiro atoms. The van der Waals surface area contributed by atoms with Crippen LogP contribution >= 0.6 is 0 Å². The number of hydrogen-bond acceptors (Lipinski definition) is 4. The van der Waals surface area contributed by atoms with E-state index in [0.717, 1.165) is 11.1 Å². The number of rotatable bonds is 7. The molecule has 0 aromatic heterocycles. The van der Waals surface area contributed by atoms with Gasteiger partial charge in [0.05, 0.1) is 4.90 Å². The third kappa shape index (κ3) is 5.78. The van der Waals surface area contributed by atoms with Crippen LogP contribution in [0.15, 0.2) is 83.8 Å². The minimum Gasteiger partial charge on any atom is -0.324 e. The monoisotopic (exact) mass is 495 g/mol. The lowest BCUT2D eigenvalue weighted by atomic mass is 10.0. The second kappa shape index (κ2) is 10.7. The van der Waals surface area contributed by atoms with Gasteiger partial charge in [-0.3, -0.25) is 9.69 Å². The van der Waals surface area contributed by atoms with Crippen LogP contribution < -0.4 is 5.32 Å². The van der Waals surface area contributed by atoms with Gasteiger partial charge >= 0.3 is 0 Å². The fourth-order valence-electron chi connectivity index (χ4n) is 4.28. The second-order valence-corrected chi connectivity index (χ2v) is 10.9. The van der Waals surface area contributed by atoms with Crippen molar-refractivity contribution in [3.8, 4) is 0 Å². The number of anilines is 1. The fraction of sp³-hybridized carbons (Fsp3) is 0.296. The molecule has 1 saturated heterocycles. The molecule has 1 fully saturated rings. The molecule has 1 atom stereocenters. The van der Waals surface area contributed by atoms with Crippen LogP contribution in [-0.4, -0.2) is 49.7 Å². The van der Waals surface area contributed by atoms with Gasteiger partial charge in [-0.15, -0.1) is 0 Å². The van der Waals surface area contributed by atoms with Crippen molar-refractivity contribution in [3.63, 3.8) is 0 Å². The number of carbonyl (C=O) groups excluding carboxylic acids is 1. The van der Waals surface area contributed by atoms with Gasteiger partial charge in [0.2, 0.25) is 15.9 Å². The number of piperazine rings is 1. The third-order valence-corrected chi connectivity index (χ3v) is 8.21. The summed E-state index contributed by atoms with van der Waals surface area (Å²) in [6, 6.07) is 21.5. The predicted octanol–water partition coefficient (Wildman–Crippen LogP) is 4.64. The lowest BCUT2D eigenvalue weighted by molar-refractivity contribution is -0.122. The largest absolute Gasteiger partial charge is 0.324 e. The molecular weight excluding hydrogens is 465 g/mol. The van der Waals surface area contributed by atoms with Crippen LogP contribution in [-0.2, 0) is 14.8 Å². The number of nitrogens with one attached hydrogen (secondary N) is 1. The summed E-state index contributed by atoms with van der Waals surface area (Å²) in [5, 5.41) is 2.87. The van der Waals surface area contributed by atoms with Crippen molar-refractivity contribution < 1.29 is 17.6 Å². The van der Waals surface area contributed by atoms with Gasteiger partial charge in [-0.2, -0.15) is 4.31 Å². The molecular formula is C27H30FN3O3S. The van der Waals surface area contributed by atoms with E-state index >= 15 is 0 Å². The average Bonchev–Trinajstić information content (AvgIpc) is 2.86. The van der Waals surface area contributed by atoms with E-state index in [-0.39, 0.29) is 29.7 Å². The fourth-order valence-corrected chi connectivity index (χ4v) is 5.71. The van der Waals surface area contributed by atoms with Gasteiger partial charge in [-0.25, -0.2) is 12.8 Å². The Kier molecular flexibility index (Phi) is 7.64. The quantitative estimate of drug-likeness (QED) is 0.519. The summed E-state index contributed by atoms with van der Waals surface area (Å²) < 4.78 is 41.2. The number of benzene rings is 3. The number of sulfonamides is 1. The Hall–Kier alpha value is -3.07. The molecule has 3 aromatic rings. The van der Waals surface area contributed by atoms with E-state index in [1.165, 1.54) is 28.6 Å². The Labute approximate surface area is 206 Å². The summed E-state index contributed by atoms with van der Waals surface area (Å²) in [7, 11) is -3.62. The van der Waals surface area contributed by atoms with Crippen LogP contribution in [0.2, 0.25) is 0 Å². The van der Waals surface area contributed by atoms with Crippen LogP contribution in [0.5, 0.6) is 0 Å². The predicted molar refractivity (Wildman–Crippen MR) is 135 cm³/mol. The maximum absolute atomic E-state index is 13.3. The first kappa shape index (κ1) is 25.0. The summed E-state index contributed by atoms with van der Waals surface area (Å²) in [6.45, 7) is 5.50. The highest BCUT2D eigenvalue weighted by atomic mass is 32.2. The molecule has 8 heteroatoms. The molecule has 1 aliphatic heterocycles. The standard InChI is InChI=1S/C27H30FN3O3S/c1-20(2)21-8-14-25(15-9-21)35(33,34)31-18-16-30(17-19-31)26(22-6-4-3-5-7-22)27(32)29-24-12-10-23(28)11-13-24/h3-15,20,26H,16-19H2,1-2H3,(H,29,32). The highest BCUT2D eigenvalue weighted by Gasteiger charge is 2.34. The van der Waals surface area contributed by atoms with E-state index in [9.17, 15) is 17.6 Å². The molecule has 35 heavy (non-hydrogen) atoms. The van der Waals surface area contributed by atoms with Crippen molar-refractivity contribution in [1.29, 1.82) is 0 Å². The van der Waals surface area contributed by atoms with Gasteiger partial charge in [0, 0.05) is 31.9 Å². The highest BCUT2D eigenvalue weighted by molar-refractivity contribution is 7.89. The number of amides is 1. The Morgan fingerprint density at radius 2 is 1.43 bits per heavy atom. The molecule has 0 bridgehead atoms. The minimum absolute atomic E-state index is 0.247. The topological polar surface area (TPSA) is 69.7 Å². The first-order chi connectivity index (χ1) is 16.8. The van der Waals surface area contributed by atoms with E-state index in [1.807, 2.05) is 47.4 Å². The smallest absolute Gasteiger partial charge is 0.246 e. The van der Waals surface area contributed by atoms with E-state index in [2.05, 4.69) is 19.2 Å². The maximum Gasteiger partial charge on any atom is 0.246 e. The van der Waals surface area contributed by atoms with Crippen molar-refractivity contribution in [3.05, 3.63) is 95.8 Å². The second-order valence-electron chi connectivity index (χ2n) is 8.97. The zero-order valence-corrected chi connectivity index (χ0v) is 20.7. The van der Waals surface area contributed by atoms with E-state index in [4.69, 9.17) is 0 Å². The van der Waals surface area contributed by atoms with E-state index < -0.39 is 16.1 Å². The Balaban J connectivity index is 1.50.